The van der Waals surface area contributed by atoms with E-state index in [1.807, 2.05) is 24.3 Å². The first-order valence-electron chi connectivity index (χ1n) is 3.82. The molecule has 0 spiro atoms. The fraction of sp³-hybridized carbons (Fsp3) is 0. The summed E-state index contributed by atoms with van der Waals surface area (Å²) in [5, 5.41) is 0.903. The summed E-state index contributed by atoms with van der Waals surface area (Å²) in [6.07, 6.45) is 0. The highest BCUT2D eigenvalue weighted by molar-refractivity contribution is 6.10. The molecule has 5 heteroatoms. The first-order valence-corrected chi connectivity index (χ1v) is 4.44. The molecule has 1 aromatic carbocycles. The van der Waals surface area contributed by atoms with Crippen molar-refractivity contribution in [2.75, 3.05) is 0 Å². The van der Waals surface area contributed by atoms with E-state index in [0.29, 0.717) is 5.75 Å². The highest BCUT2D eigenvalue weighted by atomic mass is 35.5. The van der Waals surface area contributed by atoms with Gasteiger partial charge in [-0.1, -0.05) is 18.2 Å². The Morgan fingerprint density at radius 3 is 2.57 bits per heavy atom. The molecular formula is C9H5Cl2NO2. The van der Waals surface area contributed by atoms with Crippen LogP contribution in [-0.4, -0.2) is 4.98 Å². The van der Waals surface area contributed by atoms with E-state index in [4.69, 9.17) is 23.7 Å². The van der Waals surface area contributed by atoms with E-state index in [9.17, 15) is 0 Å². The van der Waals surface area contributed by atoms with E-state index < -0.39 is 0 Å². The van der Waals surface area contributed by atoms with Crippen LogP contribution in [0.4, 0.5) is 0 Å². The molecule has 0 N–H and O–H groups in total. The molecule has 0 bridgehead atoms. The van der Waals surface area contributed by atoms with Crippen molar-refractivity contribution in [1.29, 1.82) is 0 Å². The van der Waals surface area contributed by atoms with Gasteiger partial charge in [-0.15, -0.1) is 0 Å². The van der Waals surface area contributed by atoms with Crippen LogP contribution in [0.5, 0.6) is 11.6 Å². The number of hydrogen-bond donors (Lipinski definition) is 0. The van der Waals surface area contributed by atoms with Crippen LogP contribution in [0.2, 0.25) is 0 Å². The normalized spacial score (nSPS) is 10.1. The van der Waals surface area contributed by atoms with E-state index in [-0.39, 0.29) is 5.88 Å². The van der Waals surface area contributed by atoms with Crippen molar-refractivity contribution in [1.82, 2.24) is 4.98 Å². The molecule has 0 saturated heterocycles. The van der Waals surface area contributed by atoms with E-state index in [1.54, 1.807) is 6.07 Å². The number of aromatic nitrogens is 1. The minimum Gasteiger partial charge on any atom is -0.380 e. The van der Waals surface area contributed by atoms with Gasteiger partial charge < -0.3 is 8.58 Å². The lowest BCUT2D eigenvalue weighted by molar-refractivity contribution is 0.528. The van der Waals surface area contributed by atoms with Gasteiger partial charge in [-0.3, -0.25) is 0 Å². The van der Waals surface area contributed by atoms with Crippen molar-refractivity contribution in [2.24, 2.45) is 0 Å². The molecule has 0 aliphatic heterocycles. The summed E-state index contributed by atoms with van der Waals surface area (Å²) >= 11 is 10.4. The molecule has 2 rings (SSSR count). The smallest absolute Gasteiger partial charge is 0.282 e. The van der Waals surface area contributed by atoms with Crippen LogP contribution in [0.1, 0.15) is 0 Å². The highest BCUT2D eigenvalue weighted by Crippen LogP contribution is 2.30. The van der Waals surface area contributed by atoms with Gasteiger partial charge in [0.05, 0.1) is 5.52 Å². The van der Waals surface area contributed by atoms with Gasteiger partial charge in [-0.05, 0) is 12.1 Å². The van der Waals surface area contributed by atoms with Crippen molar-refractivity contribution in [3.8, 4) is 11.6 Å². The molecule has 0 unspecified atom stereocenters. The zero-order chi connectivity index (χ0) is 9.97. The second-order valence-electron chi connectivity index (χ2n) is 2.64. The third-order valence-corrected chi connectivity index (χ3v) is 2.12. The molecule has 14 heavy (non-hydrogen) atoms. The molecule has 0 atom stereocenters. The standard InChI is InChI=1S/C9H5Cl2NO2/c10-13-8-5-6-3-1-2-4-7(6)12-9(8)14-11/h1-5H. The van der Waals surface area contributed by atoms with Gasteiger partial charge in [-0.25, -0.2) is 4.98 Å². The number of rotatable bonds is 2. The highest BCUT2D eigenvalue weighted by Gasteiger charge is 2.08. The summed E-state index contributed by atoms with van der Waals surface area (Å²) in [4.78, 5) is 4.10. The molecule has 3 nitrogen and oxygen atoms in total. The second-order valence-corrected chi connectivity index (χ2v) is 2.95. The van der Waals surface area contributed by atoms with E-state index in [0.717, 1.165) is 10.9 Å². The molecule has 0 saturated carbocycles. The number of benzene rings is 1. The third kappa shape index (κ3) is 1.56. The summed E-state index contributed by atoms with van der Waals surface area (Å²) < 4.78 is 9.04. The molecule has 0 aliphatic carbocycles. The quantitative estimate of drug-likeness (QED) is 0.792. The number of fused-ring (bicyclic) bond motifs is 1. The topological polar surface area (TPSA) is 31.4 Å². The Hall–Kier alpha value is -1.19. The first-order chi connectivity index (χ1) is 6.85. The summed E-state index contributed by atoms with van der Waals surface area (Å²) in [6, 6.07) is 9.19. The molecule has 0 radical (unpaired) electrons. The van der Waals surface area contributed by atoms with Crippen LogP contribution < -0.4 is 8.58 Å². The third-order valence-electron chi connectivity index (χ3n) is 1.81. The van der Waals surface area contributed by atoms with Crippen LogP contribution in [0.15, 0.2) is 30.3 Å². The molecule has 0 amide bonds. The first kappa shape index (κ1) is 9.37. The van der Waals surface area contributed by atoms with Gasteiger partial charge in [0.1, 0.15) is 23.7 Å². The molecule has 0 fully saturated rings. The maximum atomic E-state index is 5.23. The van der Waals surface area contributed by atoms with E-state index in [2.05, 4.69) is 13.6 Å². The summed E-state index contributed by atoms with van der Waals surface area (Å²) in [5.41, 5.74) is 0.764. The molecule has 1 heterocycles. The van der Waals surface area contributed by atoms with Gasteiger partial charge in [0, 0.05) is 5.39 Å². The summed E-state index contributed by atoms with van der Waals surface area (Å²) in [5.74, 6) is 0.445. The molecule has 0 aliphatic rings. The minimum atomic E-state index is 0.153. The second kappa shape index (κ2) is 3.90. The van der Waals surface area contributed by atoms with Crippen molar-refractivity contribution >= 4 is 34.6 Å². The predicted octanol–water partition coefficient (Wildman–Crippen LogP) is 3.30. The Morgan fingerprint density at radius 2 is 1.86 bits per heavy atom. The molecule has 72 valence electrons. The van der Waals surface area contributed by atoms with Crippen molar-refractivity contribution in [3.63, 3.8) is 0 Å². The van der Waals surface area contributed by atoms with E-state index in [1.165, 1.54) is 0 Å². The average Bonchev–Trinajstić information content (AvgIpc) is 2.27. The van der Waals surface area contributed by atoms with Crippen molar-refractivity contribution in [3.05, 3.63) is 30.3 Å². The summed E-state index contributed by atoms with van der Waals surface area (Å²) in [6.45, 7) is 0. The molecular weight excluding hydrogens is 225 g/mol. The summed E-state index contributed by atoms with van der Waals surface area (Å²) in [7, 11) is 0. The van der Waals surface area contributed by atoms with Crippen molar-refractivity contribution in [2.45, 2.75) is 0 Å². The minimum absolute atomic E-state index is 0.153. The van der Waals surface area contributed by atoms with Crippen molar-refractivity contribution < 1.29 is 8.58 Å². The van der Waals surface area contributed by atoms with Gasteiger partial charge in [0.25, 0.3) is 5.88 Å². The maximum Gasteiger partial charge on any atom is 0.282 e. The zero-order valence-corrected chi connectivity index (χ0v) is 8.42. The van der Waals surface area contributed by atoms with Crippen LogP contribution >= 0.6 is 23.7 Å². The number of nitrogens with zero attached hydrogens (tertiary/aromatic N) is 1. The van der Waals surface area contributed by atoms with Crippen LogP contribution in [0.25, 0.3) is 10.9 Å². The van der Waals surface area contributed by atoms with Crippen LogP contribution in [-0.2, 0) is 0 Å². The monoisotopic (exact) mass is 229 g/mol. The van der Waals surface area contributed by atoms with Gasteiger partial charge in [0.15, 0.2) is 0 Å². The molecule has 2 aromatic rings. The fourth-order valence-corrected chi connectivity index (χ4v) is 1.41. The Balaban J connectivity index is 2.69. The van der Waals surface area contributed by atoms with Crippen LogP contribution in [0.3, 0.4) is 0 Å². The lowest BCUT2D eigenvalue weighted by Crippen LogP contribution is -1.87. The lowest BCUT2D eigenvalue weighted by Gasteiger charge is -2.03. The Bertz CT molecular complexity index is 419. The fourth-order valence-electron chi connectivity index (χ4n) is 1.19. The number of halogens is 2. The van der Waals surface area contributed by atoms with Gasteiger partial charge in [-0.2, -0.15) is 0 Å². The Labute approximate surface area is 90.5 Å². The zero-order valence-electron chi connectivity index (χ0n) is 6.91. The lowest BCUT2D eigenvalue weighted by atomic mass is 10.2. The van der Waals surface area contributed by atoms with Gasteiger partial charge in [0.2, 0.25) is 5.75 Å². The largest absolute Gasteiger partial charge is 0.380 e. The van der Waals surface area contributed by atoms with E-state index >= 15 is 0 Å². The number of para-hydroxylation sites is 1. The van der Waals surface area contributed by atoms with Crippen LogP contribution in [0, 0.1) is 0 Å². The van der Waals surface area contributed by atoms with Gasteiger partial charge >= 0.3 is 0 Å². The SMILES string of the molecule is ClOc1cc2ccccc2nc1OCl. The maximum absolute atomic E-state index is 5.23. The Morgan fingerprint density at radius 1 is 1.07 bits per heavy atom. The Kier molecular flexibility index (Phi) is 2.61. The average molecular weight is 230 g/mol. The number of hydrogen-bond acceptors (Lipinski definition) is 3. The molecule has 1 aromatic heterocycles. The number of pyridine rings is 1. The predicted molar refractivity (Wildman–Crippen MR) is 54.7 cm³/mol.